The average molecular weight is 483 g/mol. The average Bonchev–Trinajstić information content (AvgIpc) is 3.24. The normalized spacial score (nSPS) is 15.5. The van der Waals surface area contributed by atoms with Crippen LogP contribution in [-0.4, -0.2) is 16.0 Å². The van der Waals surface area contributed by atoms with E-state index in [2.05, 4.69) is 0 Å². The number of thioether (sulfide) groups is 1. The summed E-state index contributed by atoms with van der Waals surface area (Å²) in [6.07, 6.45) is 1.46. The molecule has 2 heterocycles. The van der Waals surface area contributed by atoms with Gasteiger partial charge in [0, 0.05) is 27.2 Å². The lowest BCUT2D eigenvalue weighted by Gasteiger charge is -2.14. The second-order valence-electron chi connectivity index (χ2n) is 6.29. The van der Waals surface area contributed by atoms with Crippen LogP contribution in [0.25, 0.3) is 17.4 Å². The van der Waals surface area contributed by atoms with Crippen LogP contribution in [0.1, 0.15) is 11.3 Å². The van der Waals surface area contributed by atoms with Crippen LogP contribution in [0.5, 0.6) is 0 Å². The van der Waals surface area contributed by atoms with Crippen molar-refractivity contribution in [3.05, 3.63) is 85.6 Å². The molecule has 4 nitrogen and oxygen atoms in total. The Bertz CT molecular complexity index is 1190. The van der Waals surface area contributed by atoms with E-state index < -0.39 is 17.0 Å². The fraction of sp³-hybridized carbons (Fsp3) is 0.0476. The first-order valence-electron chi connectivity index (χ1n) is 8.57. The molecule has 9 heteroatoms. The highest BCUT2D eigenvalue weighted by Gasteiger charge is 2.36. The molecule has 152 valence electrons. The summed E-state index contributed by atoms with van der Waals surface area (Å²) in [6, 6.07) is 12.5. The molecule has 1 fully saturated rings. The monoisotopic (exact) mass is 481 g/mol. The lowest BCUT2D eigenvalue weighted by atomic mass is 10.2. The van der Waals surface area contributed by atoms with E-state index >= 15 is 0 Å². The summed E-state index contributed by atoms with van der Waals surface area (Å²) in [5.41, 5.74) is 0.725. The van der Waals surface area contributed by atoms with Gasteiger partial charge in [-0.1, -0.05) is 40.9 Å². The van der Waals surface area contributed by atoms with Gasteiger partial charge in [-0.3, -0.25) is 14.5 Å². The van der Waals surface area contributed by atoms with Crippen LogP contribution in [0.15, 0.2) is 57.9 Å². The van der Waals surface area contributed by atoms with Crippen molar-refractivity contribution < 1.29 is 18.4 Å². The zero-order valence-electron chi connectivity index (χ0n) is 15.0. The van der Waals surface area contributed by atoms with Crippen LogP contribution in [-0.2, 0) is 11.3 Å². The summed E-state index contributed by atoms with van der Waals surface area (Å²) in [5.74, 6) is -0.279. The third-order valence-electron chi connectivity index (χ3n) is 4.35. The Morgan fingerprint density at radius 1 is 1.03 bits per heavy atom. The molecule has 0 radical (unpaired) electrons. The fourth-order valence-corrected chi connectivity index (χ4v) is 4.41. The topological polar surface area (TPSA) is 50.5 Å². The number of rotatable bonds is 4. The Kier molecular flexibility index (Phi) is 5.93. The van der Waals surface area contributed by atoms with Crippen molar-refractivity contribution in [1.29, 1.82) is 0 Å². The van der Waals surface area contributed by atoms with Crippen LogP contribution in [0.2, 0.25) is 15.1 Å². The Labute approximate surface area is 190 Å². The van der Waals surface area contributed by atoms with E-state index in [1.54, 1.807) is 30.3 Å². The molecule has 2 amide bonds. The van der Waals surface area contributed by atoms with E-state index in [0.29, 0.717) is 27.1 Å². The zero-order valence-corrected chi connectivity index (χ0v) is 18.1. The molecular weight excluding hydrogens is 472 g/mol. The minimum atomic E-state index is -0.582. The molecule has 0 saturated carbocycles. The van der Waals surface area contributed by atoms with Gasteiger partial charge < -0.3 is 4.42 Å². The summed E-state index contributed by atoms with van der Waals surface area (Å²) in [7, 11) is 0. The number of hydrogen-bond acceptors (Lipinski definition) is 4. The predicted molar refractivity (Wildman–Crippen MR) is 117 cm³/mol. The number of carbonyl (C=O) groups is 2. The van der Waals surface area contributed by atoms with E-state index in [1.807, 2.05) is 0 Å². The largest absolute Gasteiger partial charge is 0.457 e. The summed E-state index contributed by atoms with van der Waals surface area (Å²) in [5, 5.41) is 0.552. The Morgan fingerprint density at radius 2 is 1.83 bits per heavy atom. The lowest BCUT2D eigenvalue weighted by molar-refractivity contribution is -0.123. The van der Waals surface area contributed by atoms with Gasteiger partial charge in [0.25, 0.3) is 11.1 Å². The van der Waals surface area contributed by atoms with Crippen molar-refractivity contribution in [2.24, 2.45) is 0 Å². The summed E-state index contributed by atoms with van der Waals surface area (Å²) in [6.45, 7) is -0.253. The number of carbonyl (C=O) groups excluding carboxylic acids is 2. The number of halogens is 4. The van der Waals surface area contributed by atoms with E-state index in [1.165, 1.54) is 24.3 Å². The smallest absolute Gasteiger partial charge is 0.293 e. The predicted octanol–water partition coefficient (Wildman–Crippen LogP) is 7.28. The zero-order chi connectivity index (χ0) is 21.4. The maximum Gasteiger partial charge on any atom is 0.293 e. The molecule has 0 unspecified atom stereocenters. The lowest BCUT2D eigenvalue weighted by Crippen LogP contribution is -2.28. The number of imide groups is 1. The second kappa shape index (κ2) is 8.47. The van der Waals surface area contributed by atoms with Crippen LogP contribution < -0.4 is 0 Å². The molecule has 0 N–H and O–H groups in total. The molecule has 0 aliphatic carbocycles. The van der Waals surface area contributed by atoms with Gasteiger partial charge in [0.2, 0.25) is 0 Å². The van der Waals surface area contributed by atoms with E-state index in [9.17, 15) is 14.0 Å². The molecular formula is C21H11Cl3FNO3S. The number of nitrogens with zero attached hydrogens (tertiary/aromatic N) is 1. The quantitative estimate of drug-likeness (QED) is 0.367. The minimum Gasteiger partial charge on any atom is -0.457 e. The van der Waals surface area contributed by atoms with Crippen LogP contribution in [0.3, 0.4) is 0 Å². The van der Waals surface area contributed by atoms with Crippen molar-refractivity contribution in [2.45, 2.75) is 6.54 Å². The highest BCUT2D eigenvalue weighted by Crippen LogP contribution is 2.36. The first-order chi connectivity index (χ1) is 14.3. The van der Waals surface area contributed by atoms with Crippen LogP contribution in [0.4, 0.5) is 9.18 Å². The molecule has 2 aromatic carbocycles. The second-order valence-corrected chi connectivity index (χ2v) is 8.54. The van der Waals surface area contributed by atoms with E-state index in [-0.39, 0.29) is 22.0 Å². The van der Waals surface area contributed by atoms with Crippen molar-refractivity contribution in [3.63, 3.8) is 0 Å². The molecule has 0 atom stereocenters. The van der Waals surface area contributed by atoms with Gasteiger partial charge in [-0.05, 0) is 54.2 Å². The SMILES string of the molecule is O=C1S/C(=C\c2ccc(-c3ccc(Cl)cc3Cl)o2)C(=O)N1Cc1c(F)cccc1Cl. The van der Waals surface area contributed by atoms with Gasteiger partial charge >= 0.3 is 0 Å². The standard InChI is InChI=1S/C21H11Cl3FNO3S/c22-11-4-6-13(16(24)8-11)18-7-5-12(29-18)9-19-20(27)26(21(28)30-19)10-14-15(23)2-1-3-17(14)25/h1-9H,10H2/b19-9-. The Hall–Kier alpha value is -2.25. The van der Waals surface area contributed by atoms with Gasteiger partial charge in [-0.2, -0.15) is 0 Å². The van der Waals surface area contributed by atoms with Gasteiger partial charge in [-0.15, -0.1) is 0 Å². The molecule has 30 heavy (non-hydrogen) atoms. The Balaban J connectivity index is 1.57. The number of amides is 2. The molecule has 0 bridgehead atoms. The first-order valence-corrected chi connectivity index (χ1v) is 10.5. The summed E-state index contributed by atoms with van der Waals surface area (Å²) in [4.78, 5) is 26.1. The van der Waals surface area contributed by atoms with Crippen molar-refractivity contribution in [3.8, 4) is 11.3 Å². The number of furan rings is 1. The van der Waals surface area contributed by atoms with Gasteiger partial charge in [0.1, 0.15) is 17.3 Å². The van der Waals surface area contributed by atoms with Gasteiger partial charge in [-0.25, -0.2) is 4.39 Å². The third-order valence-corrected chi connectivity index (χ3v) is 6.16. The fourth-order valence-electron chi connectivity index (χ4n) is 2.87. The molecule has 1 aromatic heterocycles. The molecule has 1 saturated heterocycles. The summed E-state index contributed by atoms with van der Waals surface area (Å²) < 4.78 is 19.8. The molecule has 1 aliphatic rings. The first kappa shape index (κ1) is 21.0. The maximum atomic E-state index is 14.0. The highest BCUT2D eigenvalue weighted by atomic mass is 35.5. The summed E-state index contributed by atoms with van der Waals surface area (Å²) >= 11 is 18.9. The molecule has 0 spiro atoms. The molecule has 4 rings (SSSR count). The number of benzene rings is 2. The molecule has 1 aliphatic heterocycles. The maximum absolute atomic E-state index is 14.0. The highest BCUT2D eigenvalue weighted by molar-refractivity contribution is 8.18. The van der Waals surface area contributed by atoms with Crippen molar-refractivity contribution >= 4 is 63.8 Å². The van der Waals surface area contributed by atoms with Gasteiger partial charge in [0.15, 0.2) is 0 Å². The van der Waals surface area contributed by atoms with E-state index in [0.717, 1.165) is 16.7 Å². The van der Waals surface area contributed by atoms with Gasteiger partial charge in [0.05, 0.1) is 16.5 Å². The van der Waals surface area contributed by atoms with E-state index in [4.69, 9.17) is 39.2 Å². The number of hydrogen-bond donors (Lipinski definition) is 0. The minimum absolute atomic E-state index is 0.0837. The van der Waals surface area contributed by atoms with Crippen LogP contribution >= 0.6 is 46.6 Å². The van der Waals surface area contributed by atoms with Crippen LogP contribution in [0, 0.1) is 5.82 Å². The molecule has 3 aromatic rings. The van der Waals surface area contributed by atoms with Crippen molar-refractivity contribution in [2.75, 3.05) is 0 Å². The van der Waals surface area contributed by atoms with Crippen molar-refractivity contribution in [1.82, 2.24) is 4.90 Å². The third kappa shape index (κ3) is 4.14. The Morgan fingerprint density at radius 3 is 2.57 bits per heavy atom.